The summed E-state index contributed by atoms with van der Waals surface area (Å²) in [5.41, 5.74) is 3.09. The highest BCUT2D eigenvalue weighted by molar-refractivity contribution is 5.70. The molecule has 2 rings (SSSR count). The van der Waals surface area contributed by atoms with E-state index in [1.165, 1.54) is 0 Å². The summed E-state index contributed by atoms with van der Waals surface area (Å²) in [4.78, 5) is 10.7. The Morgan fingerprint density at radius 2 is 1.86 bits per heavy atom. The first-order chi connectivity index (χ1) is 10.6. The number of hydrogen-bond donors (Lipinski definition) is 2. The van der Waals surface area contributed by atoms with Crippen LogP contribution in [0.4, 0.5) is 0 Å². The summed E-state index contributed by atoms with van der Waals surface area (Å²) in [5.74, 6) is -0.579. The third-order valence-corrected chi connectivity index (χ3v) is 3.84. The van der Waals surface area contributed by atoms with E-state index in [1.807, 2.05) is 12.1 Å². The average molecular weight is 303 g/mol. The number of hydrogen-bond acceptors (Lipinski definition) is 4. The normalized spacial score (nSPS) is 11.1. The zero-order valence-corrected chi connectivity index (χ0v) is 12.9. The van der Waals surface area contributed by atoms with Gasteiger partial charge in [-0.3, -0.25) is 4.79 Å². The summed E-state index contributed by atoms with van der Waals surface area (Å²) in [5, 5.41) is 26.5. The summed E-state index contributed by atoms with van der Waals surface area (Å²) < 4.78 is 1.74. The van der Waals surface area contributed by atoms with Crippen LogP contribution < -0.4 is 0 Å². The number of benzene rings is 1. The smallest absolute Gasteiger partial charge is 0.307 e. The van der Waals surface area contributed by atoms with Crippen molar-refractivity contribution in [1.29, 1.82) is 0 Å². The lowest BCUT2D eigenvalue weighted by atomic mass is 9.97. The van der Waals surface area contributed by atoms with E-state index < -0.39 is 5.97 Å². The van der Waals surface area contributed by atoms with Crippen LogP contribution >= 0.6 is 0 Å². The van der Waals surface area contributed by atoms with Gasteiger partial charge in [0.15, 0.2) is 0 Å². The van der Waals surface area contributed by atoms with Crippen molar-refractivity contribution in [2.45, 2.75) is 45.6 Å². The van der Waals surface area contributed by atoms with Crippen molar-refractivity contribution in [1.82, 2.24) is 15.0 Å². The minimum absolute atomic E-state index is 0.00106. The van der Waals surface area contributed by atoms with Crippen molar-refractivity contribution in [3.05, 3.63) is 41.2 Å². The molecule has 1 aromatic carbocycles. The molecule has 6 nitrogen and oxygen atoms in total. The van der Waals surface area contributed by atoms with Gasteiger partial charge >= 0.3 is 5.97 Å². The van der Waals surface area contributed by atoms with Crippen molar-refractivity contribution in [2.75, 3.05) is 0 Å². The van der Waals surface area contributed by atoms with Crippen LogP contribution in [-0.2, 0) is 17.8 Å². The molecule has 0 atom stereocenters. The second-order valence-corrected chi connectivity index (χ2v) is 5.24. The summed E-state index contributed by atoms with van der Waals surface area (Å²) >= 11 is 0. The maximum atomic E-state index is 10.7. The molecule has 1 heterocycles. The zero-order valence-electron chi connectivity index (χ0n) is 12.9. The van der Waals surface area contributed by atoms with Crippen molar-refractivity contribution in [2.24, 2.45) is 0 Å². The Bertz CT molecular complexity index is 631. The third kappa shape index (κ3) is 3.33. The van der Waals surface area contributed by atoms with E-state index in [0.29, 0.717) is 5.69 Å². The predicted molar refractivity (Wildman–Crippen MR) is 81.9 cm³/mol. The van der Waals surface area contributed by atoms with E-state index in [0.717, 1.165) is 29.8 Å². The first kappa shape index (κ1) is 16.2. The fraction of sp³-hybridized carbons (Fsp3) is 0.438. The Kier molecular flexibility index (Phi) is 5.27. The average Bonchev–Trinajstić information content (AvgIpc) is 2.93. The Morgan fingerprint density at radius 3 is 2.36 bits per heavy atom. The molecule has 0 aliphatic carbocycles. The first-order valence-corrected chi connectivity index (χ1v) is 7.47. The number of carboxylic acid groups (broad SMARTS) is 1. The number of aliphatic hydroxyl groups is 1. The van der Waals surface area contributed by atoms with Crippen LogP contribution in [0.15, 0.2) is 24.3 Å². The van der Waals surface area contributed by atoms with Gasteiger partial charge in [0.2, 0.25) is 0 Å². The van der Waals surface area contributed by atoms with Crippen molar-refractivity contribution in [3.63, 3.8) is 0 Å². The SMILES string of the molecule is CCC(CC)c1c(CO)nnn1-c1ccc(CC(=O)O)cc1. The minimum atomic E-state index is -0.853. The lowest BCUT2D eigenvalue weighted by molar-refractivity contribution is -0.136. The van der Waals surface area contributed by atoms with E-state index in [9.17, 15) is 9.90 Å². The van der Waals surface area contributed by atoms with Gasteiger partial charge < -0.3 is 10.2 Å². The first-order valence-electron chi connectivity index (χ1n) is 7.47. The highest BCUT2D eigenvalue weighted by Crippen LogP contribution is 2.27. The Balaban J connectivity index is 2.39. The Morgan fingerprint density at radius 1 is 1.23 bits per heavy atom. The lowest BCUT2D eigenvalue weighted by Gasteiger charge is -2.15. The highest BCUT2D eigenvalue weighted by atomic mass is 16.4. The van der Waals surface area contributed by atoms with Crippen LogP contribution in [0.2, 0.25) is 0 Å². The fourth-order valence-electron chi connectivity index (χ4n) is 2.64. The van der Waals surface area contributed by atoms with Crippen LogP contribution in [0, 0.1) is 0 Å². The predicted octanol–water partition coefficient (Wildman–Crippen LogP) is 2.29. The quantitative estimate of drug-likeness (QED) is 0.819. The third-order valence-electron chi connectivity index (χ3n) is 3.84. The Hall–Kier alpha value is -2.21. The molecule has 0 amide bonds. The molecule has 0 saturated carbocycles. The molecule has 2 aromatic rings. The largest absolute Gasteiger partial charge is 0.481 e. The van der Waals surface area contributed by atoms with Gasteiger partial charge in [0, 0.05) is 5.92 Å². The van der Waals surface area contributed by atoms with Gasteiger partial charge in [0.1, 0.15) is 5.69 Å². The maximum Gasteiger partial charge on any atom is 0.307 e. The molecule has 1 aromatic heterocycles. The van der Waals surface area contributed by atoms with Crippen LogP contribution in [0.5, 0.6) is 0 Å². The molecule has 2 N–H and O–H groups in total. The van der Waals surface area contributed by atoms with Gasteiger partial charge in [-0.2, -0.15) is 0 Å². The number of nitrogens with zero attached hydrogens (tertiary/aromatic N) is 3. The fourth-order valence-corrected chi connectivity index (χ4v) is 2.64. The topological polar surface area (TPSA) is 88.2 Å². The van der Waals surface area contributed by atoms with Gasteiger partial charge in [-0.05, 0) is 30.5 Å². The van der Waals surface area contributed by atoms with Gasteiger partial charge in [0.05, 0.1) is 24.4 Å². The zero-order chi connectivity index (χ0) is 16.1. The van der Waals surface area contributed by atoms with Crippen molar-refractivity contribution >= 4 is 5.97 Å². The highest BCUT2D eigenvalue weighted by Gasteiger charge is 2.20. The molecule has 0 saturated heterocycles. The number of carbonyl (C=O) groups is 1. The molecular formula is C16H21N3O3. The molecule has 0 bridgehead atoms. The van der Waals surface area contributed by atoms with Crippen molar-refractivity contribution in [3.8, 4) is 5.69 Å². The molecule has 118 valence electrons. The maximum absolute atomic E-state index is 10.7. The standard InChI is InChI=1S/C16H21N3O3/c1-3-12(4-2)16-14(10-20)17-18-19(16)13-7-5-11(6-8-13)9-15(21)22/h5-8,12,20H,3-4,9-10H2,1-2H3,(H,21,22). The van der Waals surface area contributed by atoms with E-state index in [-0.39, 0.29) is 18.9 Å². The second kappa shape index (κ2) is 7.17. The van der Waals surface area contributed by atoms with Gasteiger partial charge in [0.25, 0.3) is 0 Å². The second-order valence-electron chi connectivity index (χ2n) is 5.24. The molecule has 22 heavy (non-hydrogen) atoms. The Labute approximate surface area is 129 Å². The van der Waals surface area contributed by atoms with Gasteiger partial charge in [-0.1, -0.05) is 31.2 Å². The summed E-state index contributed by atoms with van der Waals surface area (Å²) in [6.07, 6.45) is 1.88. The molecule has 0 aliphatic heterocycles. The lowest BCUT2D eigenvalue weighted by Crippen LogP contribution is -2.09. The molecule has 6 heteroatoms. The molecular weight excluding hydrogens is 282 g/mol. The molecule has 0 unspecified atom stereocenters. The van der Waals surface area contributed by atoms with E-state index >= 15 is 0 Å². The summed E-state index contributed by atoms with van der Waals surface area (Å²) in [6.45, 7) is 4.06. The number of aromatic nitrogens is 3. The molecule has 0 fully saturated rings. The monoisotopic (exact) mass is 303 g/mol. The summed E-state index contributed by atoms with van der Waals surface area (Å²) in [7, 11) is 0. The molecule has 0 aliphatic rings. The van der Waals surface area contributed by atoms with Crippen LogP contribution in [0.3, 0.4) is 0 Å². The number of aliphatic hydroxyl groups excluding tert-OH is 1. The minimum Gasteiger partial charge on any atom is -0.481 e. The summed E-state index contributed by atoms with van der Waals surface area (Å²) in [6, 6.07) is 7.22. The van der Waals surface area contributed by atoms with Crippen LogP contribution in [0.25, 0.3) is 5.69 Å². The van der Waals surface area contributed by atoms with Crippen LogP contribution in [0.1, 0.15) is 49.6 Å². The number of carboxylic acids is 1. The van der Waals surface area contributed by atoms with Gasteiger partial charge in [-0.25, -0.2) is 4.68 Å². The molecule has 0 spiro atoms. The van der Waals surface area contributed by atoms with E-state index in [1.54, 1.807) is 16.8 Å². The van der Waals surface area contributed by atoms with E-state index in [4.69, 9.17) is 5.11 Å². The number of rotatable bonds is 7. The van der Waals surface area contributed by atoms with Crippen molar-refractivity contribution < 1.29 is 15.0 Å². The van der Waals surface area contributed by atoms with Gasteiger partial charge in [-0.15, -0.1) is 5.10 Å². The molecule has 0 radical (unpaired) electrons. The number of aliphatic carboxylic acids is 1. The van der Waals surface area contributed by atoms with Crippen LogP contribution in [-0.4, -0.2) is 31.2 Å². The van der Waals surface area contributed by atoms with E-state index in [2.05, 4.69) is 24.2 Å².